The average Bonchev–Trinajstić information content (AvgIpc) is 2.85. The van der Waals surface area contributed by atoms with E-state index in [2.05, 4.69) is 44.7 Å². The molecule has 2 N–H and O–H groups in total. The van der Waals surface area contributed by atoms with Gasteiger partial charge in [0.1, 0.15) is 5.75 Å². The number of amides is 2. The number of carbonyl (C=O) groups is 2. The first-order valence-electron chi connectivity index (χ1n) is 11.7. The Morgan fingerprint density at radius 2 is 1.71 bits per heavy atom. The summed E-state index contributed by atoms with van der Waals surface area (Å²) in [5, 5.41) is 5.76. The van der Waals surface area contributed by atoms with Gasteiger partial charge in [0, 0.05) is 45.0 Å². The van der Waals surface area contributed by atoms with Gasteiger partial charge in [-0.15, -0.1) is 0 Å². The molecule has 2 aromatic rings. The topological polar surface area (TPSA) is 83.1 Å². The zero-order chi connectivity index (χ0) is 23.9. The monoisotopic (exact) mass is 464 g/mol. The zero-order valence-electron chi connectivity index (χ0n) is 19.8. The number of benzene rings is 2. The van der Waals surface area contributed by atoms with E-state index < -0.39 is 12.0 Å². The van der Waals surface area contributed by atoms with Crippen molar-refractivity contribution in [3.05, 3.63) is 77.0 Å². The normalized spacial score (nSPS) is 19.4. The van der Waals surface area contributed by atoms with E-state index in [4.69, 9.17) is 9.47 Å². The van der Waals surface area contributed by atoms with Gasteiger partial charge in [0.25, 0.3) is 0 Å². The summed E-state index contributed by atoms with van der Waals surface area (Å²) in [5.41, 5.74) is 3.09. The standard InChI is InChI=1S/C26H32N4O4/c1-3-34-25(31)23-22(27-26(32)28-24(23)20-10-7-11-21(16-20)33-2)18-30-14-12-29(13-15-30)17-19-8-5-4-6-9-19/h4-11,16,24H,3,12-15,17-18H2,1-2H3,(H2,27,28,32)/t24-/m1/s1. The minimum absolute atomic E-state index is 0.256. The molecule has 2 aliphatic heterocycles. The summed E-state index contributed by atoms with van der Waals surface area (Å²) in [5.74, 6) is 0.227. The minimum atomic E-state index is -0.614. The highest BCUT2D eigenvalue weighted by molar-refractivity contribution is 5.95. The molecule has 0 aliphatic carbocycles. The molecule has 8 heteroatoms. The van der Waals surface area contributed by atoms with Crippen molar-refractivity contribution in [3.8, 4) is 5.75 Å². The second kappa shape index (κ2) is 11.2. The molecule has 2 amide bonds. The van der Waals surface area contributed by atoms with E-state index in [0.29, 0.717) is 23.6 Å². The van der Waals surface area contributed by atoms with Crippen LogP contribution in [0.4, 0.5) is 4.79 Å². The van der Waals surface area contributed by atoms with Gasteiger partial charge in [-0.25, -0.2) is 9.59 Å². The predicted molar refractivity (Wildman–Crippen MR) is 129 cm³/mol. The Morgan fingerprint density at radius 3 is 2.38 bits per heavy atom. The maximum Gasteiger partial charge on any atom is 0.338 e. The largest absolute Gasteiger partial charge is 0.497 e. The first-order valence-corrected chi connectivity index (χ1v) is 11.7. The van der Waals surface area contributed by atoms with Crippen molar-refractivity contribution in [2.45, 2.75) is 19.5 Å². The lowest BCUT2D eigenvalue weighted by atomic mass is 9.94. The van der Waals surface area contributed by atoms with Crippen molar-refractivity contribution in [3.63, 3.8) is 0 Å². The summed E-state index contributed by atoms with van der Waals surface area (Å²) in [4.78, 5) is 30.3. The summed E-state index contributed by atoms with van der Waals surface area (Å²) in [6.07, 6.45) is 0. The van der Waals surface area contributed by atoms with Crippen LogP contribution >= 0.6 is 0 Å². The Morgan fingerprint density at radius 1 is 1.00 bits per heavy atom. The third-order valence-electron chi connectivity index (χ3n) is 6.17. The van der Waals surface area contributed by atoms with Crippen LogP contribution in [-0.4, -0.2) is 68.2 Å². The first-order chi connectivity index (χ1) is 16.6. The van der Waals surface area contributed by atoms with Gasteiger partial charge in [-0.2, -0.15) is 0 Å². The molecular formula is C26H32N4O4. The fourth-order valence-corrected chi connectivity index (χ4v) is 4.43. The maximum absolute atomic E-state index is 13.0. The number of ether oxygens (including phenoxy) is 2. The number of hydrogen-bond acceptors (Lipinski definition) is 6. The van der Waals surface area contributed by atoms with Crippen LogP contribution in [0.1, 0.15) is 24.1 Å². The van der Waals surface area contributed by atoms with Gasteiger partial charge >= 0.3 is 12.0 Å². The number of nitrogens with one attached hydrogen (secondary N) is 2. The Bertz CT molecular complexity index is 1030. The lowest BCUT2D eigenvalue weighted by molar-refractivity contribution is -0.139. The molecule has 0 unspecified atom stereocenters. The molecule has 4 rings (SSSR count). The quantitative estimate of drug-likeness (QED) is 0.585. The lowest BCUT2D eigenvalue weighted by Crippen LogP contribution is -2.51. The number of urea groups is 1. The van der Waals surface area contributed by atoms with Crippen molar-refractivity contribution in [1.82, 2.24) is 20.4 Å². The number of carbonyl (C=O) groups excluding carboxylic acids is 2. The van der Waals surface area contributed by atoms with Gasteiger partial charge in [-0.1, -0.05) is 42.5 Å². The van der Waals surface area contributed by atoms with Crippen LogP contribution in [-0.2, 0) is 16.1 Å². The van der Waals surface area contributed by atoms with Crippen LogP contribution in [0.15, 0.2) is 65.9 Å². The second-order valence-electron chi connectivity index (χ2n) is 8.46. The summed E-state index contributed by atoms with van der Waals surface area (Å²) >= 11 is 0. The van der Waals surface area contributed by atoms with Gasteiger partial charge in [-0.05, 0) is 30.2 Å². The molecule has 0 saturated carbocycles. The van der Waals surface area contributed by atoms with Crippen LogP contribution in [0, 0.1) is 0 Å². The molecule has 180 valence electrons. The van der Waals surface area contributed by atoms with Gasteiger partial charge in [0.05, 0.1) is 25.3 Å². The molecule has 2 heterocycles. The van der Waals surface area contributed by atoms with Crippen LogP contribution in [0.2, 0.25) is 0 Å². The highest BCUT2D eigenvalue weighted by Gasteiger charge is 2.34. The highest BCUT2D eigenvalue weighted by Crippen LogP contribution is 2.30. The Labute approximate surface area is 200 Å². The molecular weight excluding hydrogens is 432 g/mol. The molecule has 1 atom stereocenters. The average molecular weight is 465 g/mol. The molecule has 0 bridgehead atoms. The SMILES string of the molecule is CCOC(=O)C1=C(CN2CCN(Cc3ccccc3)CC2)NC(=O)N[C@@H]1c1cccc(OC)c1. The molecule has 0 spiro atoms. The summed E-state index contributed by atoms with van der Waals surface area (Å²) in [6, 6.07) is 16.9. The van der Waals surface area contributed by atoms with E-state index in [1.54, 1.807) is 14.0 Å². The number of rotatable bonds is 8. The second-order valence-corrected chi connectivity index (χ2v) is 8.46. The molecule has 2 aromatic carbocycles. The number of hydrogen-bond donors (Lipinski definition) is 2. The van der Waals surface area contributed by atoms with Crippen molar-refractivity contribution in [1.29, 1.82) is 0 Å². The van der Waals surface area contributed by atoms with Crippen LogP contribution < -0.4 is 15.4 Å². The Kier molecular flexibility index (Phi) is 7.82. The van der Waals surface area contributed by atoms with Crippen molar-refractivity contribution >= 4 is 12.0 Å². The van der Waals surface area contributed by atoms with E-state index >= 15 is 0 Å². The fourth-order valence-electron chi connectivity index (χ4n) is 4.43. The number of esters is 1. The molecule has 2 aliphatic rings. The predicted octanol–water partition coefficient (Wildman–Crippen LogP) is 2.68. The number of piperazine rings is 1. The molecule has 0 radical (unpaired) electrons. The smallest absolute Gasteiger partial charge is 0.338 e. The van der Waals surface area contributed by atoms with E-state index in [0.717, 1.165) is 38.3 Å². The molecule has 0 aromatic heterocycles. The van der Waals surface area contributed by atoms with Gasteiger partial charge < -0.3 is 20.1 Å². The molecule has 1 fully saturated rings. The maximum atomic E-state index is 13.0. The third kappa shape index (κ3) is 5.76. The Hall–Kier alpha value is -3.36. The van der Waals surface area contributed by atoms with E-state index in [-0.39, 0.29) is 12.6 Å². The summed E-state index contributed by atoms with van der Waals surface area (Å²) in [6.45, 7) is 6.96. The van der Waals surface area contributed by atoms with E-state index in [9.17, 15) is 9.59 Å². The Balaban J connectivity index is 1.52. The van der Waals surface area contributed by atoms with Crippen LogP contribution in [0.3, 0.4) is 0 Å². The molecule has 34 heavy (non-hydrogen) atoms. The van der Waals surface area contributed by atoms with Gasteiger partial charge in [-0.3, -0.25) is 9.80 Å². The van der Waals surface area contributed by atoms with E-state index in [1.807, 2.05) is 30.3 Å². The fraction of sp³-hybridized carbons (Fsp3) is 0.385. The van der Waals surface area contributed by atoms with Crippen molar-refractivity contribution < 1.29 is 19.1 Å². The van der Waals surface area contributed by atoms with Crippen molar-refractivity contribution in [2.24, 2.45) is 0 Å². The minimum Gasteiger partial charge on any atom is -0.497 e. The molecule has 1 saturated heterocycles. The highest BCUT2D eigenvalue weighted by atomic mass is 16.5. The summed E-state index contributed by atoms with van der Waals surface area (Å²) in [7, 11) is 1.59. The van der Waals surface area contributed by atoms with Gasteiger partial charge in [0.15, 0.2) is 0 Å². The number of nitrogens with zero attached hydrogens (tertiary/aromatic N) is 2. The van der Waals surface area contributed by atoms with Gasteiger partial charge in [0.2, 0.25) is 0 Å². The van der Waals surface area contributed by atoms with Crippen molar-refractivity contribution in [2.75, 3.05) is 46.4 Å². The van der Waals surface area contributed by atoms with Crippen LogP contribution in [0.25, 0.3) is 0 Å². The summed E-state index contributed by atoms with van der Waals surface area (Å²) < 4.78 is 10.7. The van der Waals surface area contributed by atoms with Crippen LogP contribution in [0.5, 0.6) is 5.75 Å². The molecule has 8 nitrogen and oxygen atoms in total. The third-order valence-corrected chi connectivity index (χ3v) is 6.17. The van der Waals surface area contributed by atoms with E-state index in [1.165, 1.54) is 5.56 Å². The number of methoxy groups -OCH3 is 1. The lowest BCUT2D eigenvalue weighted by Gasteiger charge is -2.37. The first kappa shape index (κ1) is 23.8. The zero-order valence-corrected chi connectivity index (χ0v) is 19.8.